The number of fused-ring (bicyclic) bond motifs is 1. The van der Waals surface area contributed by atoms with Gasteiger partial charge in [-0.1, -0.05) is 0 Å². The molecule has 0 unspecified atom stereocenters. The summed E-state index contributed by atoms with van der Waals surface area (Å²) < 4.78 is 15.0. The number of piperidine rings is 1. The fourth-order valence-corrected chi connectivity index (χ4v) is 2.79. The molecule has 1 aliphatic heterocycles. The van der Waals surface area contributed by atoms with Crippen molar-refractivity contribution in [2.75, 3.05) is 13.1 Å². The predicted molar refractivity (Wildman–Crippen MR) is 75.3 cm³/mol. The molecule has 0 atom stereocenters. The summed E-state index contributed by atoms with van der Waals surface area (Å²) in [4.78, 5) is 16.2. The fraction of sp³-hybridized carbons (Fsp3) is 0.467. The average molecular weight is 275 g/mol. The summed E-state index contributed by atoms with van der Waals surface area (Å²) in [6, 6.07) is 4.37. The van der Waals surface area contributed by atoms with Gasteiger partial charge in [0.1, 0.15) is 0 Å². The third-order valence-corrected chi connectivity index (χ3v) is 3.96. The van der Waals surface area contributed by atoms with Crippen LogP contribution in [-0.2, 0) is 6.42 Å². The Bertz CT molecular complexity index is 662. The SMILES string of the molecule is O=c1cc(CCC2CCNCC2)nc2c(F)cccn12. The van der Waals surface area contributed by atoms with Crippen molar-refractivity contribution < 1.29 is 4.39 Å². The second kappa shape index (κ2) is 5.71. The van der Waals surface area contributed by atoms with Gasteiger partial charge >= 0.3 is 0 Å². The fourth-order valence-electron chi connectivity index (χ4n) is 2.79. The molecule has 0 aliphatic carbocycles. The van der Waals surface area contributed by atoms with E-state index < -0.39 is 5.82 Å². The van der Waals surface area contributed by atoms with E-state index >= 15 is 0 Å². The van der Waals surface area contributed by atoms with Gasteiger partial charge in [0, 0.05) is 18.0 Å². The minimum Gasteiger partial charge on any atom is -0.317 e. The van der Waals surface area contributed by atoms with E-state index in [9.17, 15) is 9.18 Å². The van der Waals surface area contributed by atoms with Crippen LogP contribution in [0.5, 0.6) is 0 Å². The largest absolute Gasteiger partial charge is 0.317 e. The molecule has 0 bridgehead atoms. The molecule has 1 fully saturated rings. The maximum absolute atomic E-state index is 13.7. The lowest BCUT2D eigenvalue weighted by Crippen LogP contribution is -2.28. The molecule has 0 amide bonds. The van der Waals surface area contributed by atoms with Gasteiger partial charge in [-0.15, -0.1) is 0 Å². The van der Waals surface area contributed by atoms with Crippen molar-refractivity contribution in [3.05, 3.63) is 46.3 Å². The Morgan fingerprint density at radius 1 is 1.40 bits per heavy atom. The second-order valence-corrected chi connectivity index (χ2v) is 5.37. The summed E-state index contributed by atoms with van der Waals surface area (Å²) in [5.41, 5.74) is 0.605. The van der Waals surface area contributed by atoms with Crippen LogP contribution in [0.15, 0.2) is 29.2 Å². The Morgan fingerprint density at radius 3 is 3.00 bits per heavy atom. The summed E-state index contributed by atoms with van der Waals surface area (Å²) in [6.45, 7) is 2.13. The van der Waals surface area contributed by atoms with Gasteiger partial charge in [0.2, 0.25) is 0 Å². The lowest BCUT2D eigenvalue weighted by Gasteiger charge is -2.22. The van der Waals surface area contributed by atoms with E-state index in [1.807, 2.05) is 0 Å². The van der Waals surface area contributed by atoms with Gasteiger partial charge in [-0.3, -0.25) is 9.20 Å². The van der Waals surface area contributed by atoms with Crippen LogP contribution in [0.25, 0.3) is 5.65 Å². The van der Waals surface area contributed by atoms with E-state index in [0.717, 1.165) is 25.9 Å². The predicted octanol–water partition coefficient (Wildman–Crippen LogP) is 1.77. The number of hydrogen-bond acceptors (Lipinski definition) is 3. The minimum atomic E-state index is -0.451. The highest BCUT2D eigenvalue weighted by atomic mass is 19.1. The van der Waals surface area contributed by atoms with Gasteiger partial charge in [0.05, 0.1) is 0 Å². The molecule has 1 saturated heterocycles. The lowest BCUT2D eigenvalue weighted by molar-refractivity contribution is 0.353. The zero-order valence-electron chi connectivity index (χ0n) is 11.3. The van der Waals surface area contributed by atoms with Gasteiger partial charge in [0.15, 0.2) is 11.5 Å². The normalized spacial score (nSPS) is 16.6. The van der Waals surface area contributed by atoms with Gasteiger partial charge in [-0.2, -0.15) is 0 Å². The van der Waals surface area contributed by atoms with Crippen molar-refractivity contribution in [1.82, 2.24) is 14.7 Å². The van der Waals surface area contributed by atoms with Crippen LogP contribution in [0.3, 0.4) is 0 Å². The molecule has 20 heavy (non-hydrogen) atoms. The molecular weight excluding hydrogens is 257 g/mol. The molecule has 2 aromatic heterocycles. The van der Waals surface area contributed by atoms with E-state index in [-0.39, 0.29) is 11.2 Å². The van der Waals surface area contributed by atoms with Crippen molar-refractivity contribution in [1.29, 1.82) is 0 Å². The molecule has 1 N–H and O–H groups in total. The monoisotopic (exact) mass is 275 g/mol. The highest BCUT2D eigenvalue weighted by Crippen LogP contribution is 2.18. The van der Waals surface area contributed by atoms with E-state index in [1.165, 1.54) is 35.4 Å². The molecule has 106 valence electrons. The van der Waals surface area contributed by atoms with E-state index in [4.69, 9.17) is 0 Å². The maximum Gasteiger partial charge on any atom is 0.258 e. The standard InChI is InChI=1S/C15H18FN3O/c16-13-2-1-9-19-14(20)10-12(18-15(13)19)4-3-11-5-7-17-8-6-11/h1-2,9-11,17H,3-8H2. The van der Waals surface area contributed by atoms with Gasteiger partial charge < -0.3 is 5.32 Å². The quantitative estimate of drug-likeness (QED) is 0.928. The van der Waals surface area contributed by atoms with Gasteiger partial charge in [-0.25, -0.2) is 9.37 Å². The van der Waals surface area contributed by atoms with Crippen LogP contribution < -0.4 is 10.9 Å². The molecule has 5 heteroatoms. The van der Waals surface area contributed by atoms with Crippen LogP contribution >= 0.6 is 0 Å². The molecule has 0 radical (unpaired) electrons. The van der Waals surface area contributed by atoms with Crippen LogP contribution in [0, 0.1) is 11.7 Å². The van der Waals surface area contributed by atoms with E-state index in [1.54, 1.807) is 6.20 Å². The van der Waals surface area contributed by atoms with E-state index in [2.05, 4.69) is 10.3 Å². The molecule has 0 spiro atoms. The number of aromatic nitrogens is 2. The molecular formula is C15H18FN3O. The van der Waals surface area contributed by atoms with Gasteiger partial charge in [0.25, 0.3) is 5.56 Å². The molecule has 3 heterocycles. The van der Waals surface area contributed by atoms with Crippen LogP contribution in [0.4, 0.5) is 4.39 Å². The summed E-state index contributed by atoms with van der Waals surface area (Å²) in [6.07, 6.45) is 5.63. The minimum absolute atomic E-state index is 0.125. The van der Waals surface area contributed by atoms with Crippen LogP contribution in [0.1, 0.15) is 25.0 Å². The Balaban J connectivity index is 1.81. The highest BCUT2D eigenvalue weighted by Gasteiger charge is 2.14. The van der Waals surface area contributed by atoms with Gasteiger partial charge in [-0.05, 0) is 56.8 Å². The smallest absolute Gasteiger partial charge is 0.258 e. The first kappa shape index (κ1) is 13.2. The second-order valence-electron chi connectivity index (χ2n) is 5.37. The number of aryl methyl sites for hydroxylation is 1. The van der Waals surface area contributed by atoms with Crippen molar-refractivity contribution >= 4 is 5.65 Å². The molecule has 4 nitrogen and oxygen atoms in total. The average Bonchev–Trinajstić information content (AvgIpc) is 2.47. The Morgan fingerprint density at radius 2 is 2.20 bits per heavy atom. The van der Waals surface area contributed by atoms with Crippen molar-refractivity contribution in [3.63, 3.8) is 0 Å². The van der Waals surface area contributed by atoms with Crippen LogP contribution in [0.2, 0.25) is 0 Å². The van der Waals surface area contributed by atoms with Crippen molar-refractivity contribution in [3.8, 4) is 0 Å². The van der Waals surface area contributed by atoms with E-state index in [0.29, 0.717) is 11.6 Å². The first-order valence-electron chi connectivity index (χ1n) is 7.11. The molecule has 0 saturated carbocycles. The Hall–Kier alpha value is -1.75. The maximum atomic E-state index is 13.7. The summed E-state index contributed by atoms with van der Waals surface area (Å²) in [7, 11) is 0. The molecule has 2 aromatic rings. The zero-order valence-corrected chi connectivity index (χ0v) is 11.3. The summed E-state index contributed by atoms with van der Waals surface area (Å²) in [5.74, 6) is 0.227. The number of hydrogen-bond donors (Lipinski definition) is 1. The summed E-state index contributed by atoms with van der Waals surface area (Å²) in [5, 5.41) is 3.34. The number of pyridine rings is 1. The number of rotatable bonds is 3. The molecule has 1 aliphatic rings. The topological polar surface area (TPSA) is 46.4 Å². The van der Waals surface area contributed by atoms with Crippen molar-refractivity contribution in [2.45, 2.75) is 25.7 Å². The highest BCUT2D eigenvalue weighted by molar-refractivity contribution is 5.40. The first-order valence-corrected chi connectivity index (χ1v) is 7.11. The third-order valence-electron chi connectivity index (χ3n) is 3.96. The number of halogens is 1. The third kappa shape index (κ3) is 2.72. The van der Waals surface area contributed by atoms with Crippen LogP contribution in [-0.4, -0.2) is 22.5 Å². The summed E-state index contributed by atoms with van der Waals surface area (Å²) >= 11 is 0. The number of nitrogens with zero attached hydrogens (tertiary/aromatic N) is 2. The molecule has 0 aromatic carbocycles. The lowest BCUT2D eigenvalue weighted by atomic mass is 9.92. The Kier molecular flexibility index (Phi) is 3.78. The Labute approximate surface area is 116 Å². The molecule has 3 rings (SSSR count). The van der Waals surface area contributed by atoms with Crippen molar-refractivity contribution in [2.24, 2.45) is 5.92 Å². The number of nitrogens with one attached hydrogen (secondary N) is 1. The zero-order chi connectivity index (χ0) is 13.9. The first-order chi connectivity index (χ1) is 9.74.